The van der Waals surface area contributed by atoms with Crippen molar-refractivity contribution in [1.82, 2.24) is 0 Å². The molecule has 12 heavy (non-hydrogen) atoms. The number of benzene rings is 1. The summed E-state index contributed by atoms with van der Waals surface area (Å²) in [5, 5.41) is 0. The highest BCUT2D eigenvalue weighted by atomic mass is 35.7. The van der Waals surface area contributed by atoms with Crippen LogP contribution in [0.15, 0.2) is 34.1 Å². The van der Waals surface area contributed by atoms with Gasteiger partial charge >= 0.3 is 0 Å². The largest absolute Gasteiger partial charge is 0.594 e. The summed E-state index contributed by atoms with van der Waals surface area (Å²) in [4.78, 5) is 0.949. The van der Waals surface area contributed by atoms with Crippen molar-refractivity contribution < 1.29 is 9.11 Å². The number of hydrogen-bond acceptors (Lipinski definition) is 2. The Morgan fingerprint density at radius 2 is 1.08 bits per heavy atom. The van der Waals surface area contributed by atoms with Crippen molar-refractivity contribution in [3.63, 3.8) is 0 Å². The molecule has 0 aromatic heterocycles. The van der Waals surface area contributed by atoms with Crippen molar-refractivity contribution >= 4 is 42.1 Å². The smallest absolute Gasteiger partial charge is 0.181 e. The molecule has 2 unspecified atom stereocenters. The van der Waals surface area contributed by atoms with Crippen LogP contribution >= 0.6 is 21.4 Å². The lowest BCUT2D eigenvalue weighted by Crippen LogP contribution is -1.93. The molecule has 0 aliphatic rings. The Bertz CT molecular complexity index is 223. The van der Waals surface area contributed by atoms with Gasteiger partial charge in [0.15, 0.2) is 31.2 Å². The molecule has 0 bridgehead atoms. The van der Waals surface area contributed by atoms with Crippen LogP contribution < -0.4 is 0 Å². The van der Waals surface area contributed by atoms with Gasteiger partial charge in [-0.3, -0.25) is 0 Å². The summed E-state index contributed by atoms with van der Waals surface area (Å²) in [6.45, 7) is 0. The SMILES string of the molecule is [O-][S+](Cl)c1ccc([S+]([O-])Cl)cc1. The number of rotatable bonds is 2. The third kappa shape index (κ3) is 2.73. The molecule has 0 fully saturated rings. The van der Waals surface area contributed by atoms with Gasteiger partial charge in [0, 0.05) is 0 Å². The van der Waals surface area contributed by atoms with Crippen molar-refractivity contribution in [3.8, 4) is 0 Å². The summed E-state index contributed by atoms with van der Waals surface area (Å²) in [6, 6.07) is 6.11. The zero-order valence-electron chi connectivity index (χ0n) is 5.70. The van der Waals surface area contributed by atoms with Crippen LogP contribution in [0, 0.1) is 0 Å². The zero-order chi connectivity index (χ0) is 9.14. The van der Waals surface area contributed by atoms with E-state index in [1.165, 1.54) is 24.3 Å². The van der Waals surface area contributed by atoms with Gasteiger partial charge < -0.3 is 9.11 Å². The fourth-order valence-corrected chi connectivity index (χ4v) is 1.97. The molecule has 0 spiro atoms. The van der Waals surface area contributed by atoms with E-state index in [4.69, 9.17) is 21.4 Å². The lowest BCUT2D eigenvalue weighted by atomic mass is 10.4. The molecular weight excluding hydrogens is 239 g/mol. The van der Waals surface area contributed by atoms with Gasteiger partial charge in [0.05, 0.1) is 0 Å². The highest BCUT2D eigenvalue weighted by Crippen LogP contribution is 2.19. The van der Waals surface area contributed by atoms with Gasteiger partial charge in [0.25, 0.3) is 0 Å². The van der Waals surface area contributed by atoms with E-state index in [1.54, 1.807) is 0 Å². The Morgan fingerprint density at radius 3 is 1.25 bits per heavy atom. The second-order valence-electron chi connectivity index (χ2n) is 1.92. The topological polar surface area (TPSA) is 46.1 Å². The first kappa shape index (κ1) is 10.5. The Balaban J connectivity index is 2.86. The van der Waals surface area contributed by atoms with E-state index in [0.717, 1.165) is 0 Å². The molecule has 0 heterocycles. The van der Waals surface area contributed by atoms with E-state index < -0.39 is 20.8 Å². The maximum Gasteiger partial charge on any atom is 0.181 e. The highest BCUT2D eigenvalue weighted by Gasteiger charge is 2.11. The Hall–Kier alpha value is 0.420. The summed E-state index contributed by atoms with van der Waals surface area (Å²) in [5.74, 6) is 0. The minimum atomic E-state index is -1.52. The minimum Gasteiger partial charge on any atom is -0.594 e. The van der Waals surface area contributed by atoms with Gasteiger partial charge in [-0.15, -0.1) is 0 Å². The van der Waals surface area contributed by atoms with Gasteiger partial charge in [0.1, 0.15) is 20.8 Å². The predicted molar refractivity (Wildman–Crippen MR) is 51.0 cm³/mol. The fourth-order valence-electron chi connectivity index (χ4n) is 0.654. The molecule has 66 valence electrons. The van der Waals surface area contributed by atoms with Gasteiger partial charge in [-0.1, -0.05) is 0 Å². The molecule has 0 saturated carbocycles. The van der Waals surface area contributed by atoms with Crippen molar-refractivity contribution in [3.05, 3.63) is 24.3 Å². The first-order valence-corrected chi connectivity index (χ1v) is 6.82. The molecule has 6 heteroatoms. The summed E-state index contributed by atoms with van der Waals surface area (Å²) in [7, 11) is 7.56. The second-order valence-corrected chi connectivity index (χ2v) is 5.44. The van der Waals surface area contributed by atoms with Gasteiger partial charge in [-0.2, -0.15) is 0 Å². The molecule has 2 nitrogen and oxygen atoms in total. The zero-order valence-corrected chi connectivity index (χ0v) is 8.84. The summed E-state index contributed by atoms with van der Waals surface area (Å²) in [5.41, 5.74) is 0. The van der Waals surface area contributed by atoms with E-state index in [2.05, 4.69) is 0 Å². The van der Waals surface area contributed by atoms with Crippen LogP contribution in [0.25, 0.3) is 0 Å². The van der Waals surface area contributed by atoms with Gasteiger partial charge in [-0.05, 0) is 24.3 Å². The van der Waals surface area contributed by atoms with Crippen LogP contribution in [-0.2, 0) is 20.8 Å². The fraction of sp³-hybridized carbons (Fsp3) is 0. The molecule has 0 amide bonds. The normalized spacial score (nSPS) is 15.7. The minimum absolute atomic E-state index is 0.475. The van der Waals surface area contributed by atoms with Crippen molar-refractivity contribution in [2.24, 2.45) is 0 Å². The highest BCUT2D eigenvalue weighted by molar-refractivity contribution is 8.14. The maximum absolute atomic E-state index is 10.7. The van der Waals surface area contributed by atoms with Crippen LogP contribution in [0.2, 0.25) is 0 Å². The number of halogens is 2. The summed E-state index contributed by atoms with van der Waals surface area (Å²) < 4.78 is 21.4. The summed E-state index contributed by atoms with van der Waals surface area (Å²) in [6.07, 6.45) is 0. The monoisotopic (exact) mass is 242 g/mol. The predicted octanol–water partition coefficient (Wildman–Crippen LogP) is 2.21. The standard InChI is InChI=1S/C6H4Cl2O2S2/c7-11(9)5-1-2-6(4-3-5)12(8)10/h1-4H. The van der Waals surface area contributed by atoms with Crippen LogP contribution in [0.1, 0.15) is 0 Å². The van der Waals surface area contributed by atoms with Gasteiger partial charge in [0.2, 0.25) is 0 Å². The molecule has 2 atom stereocenters. The Morgan fingerprint density at radius 1 is 0.833 bits per heavy atom. The number of hydrogen-bond donors (Lipinski definition) is 0. The Labute approximate surface area is 85.2 Å². The molecular formula is C6H4Cl2O2S2. The lowest BCUT2D eigenvalue weighted by molar-refractivity contribution is 0.606. The average Bonchev–Trinajstić information content (AvgIpc) is 2.04. The summed E-state index contributed by atoms with van der Waals surface area (Å²) >= 11 is 0. The van der Waals surface area contributed by atoms with E-state index in [0.29, 0.717) is 9.79 Å². The molecule has 0 N–H and O–H groups in total. The van der Waals surface area contributed by atoms with Crippen LogP contribution in [-0.4, -0.2) is 9.11 Å². The van der Waals surface area contributed by atoms with Crippen LogP contribution in [0.4, 0.5) is 0 Å². The maximum atomic E-state index is 10.7. The van der Waals surface area contributed by atoms with E-state index in [-0.39, 0.29) is 0 Å². The quantitative estimate of drug-likeness (QED) is 0.747. The first-order valence-electron chi connectivity index (χ1n) is 2.87. The molecule has 1 rings (SSSR count). The third-order valence-corrected chi connectivity index (χ3v) is 3.55. The van der Waals surface area contributed by atoms with Crippen molar-refractivity contribution in [2.75, 3.05) is 0 Å². The van der Waals surface area contributed by atoms with Crippen LogP contribution in [0.3, 0.4) is 0 Å². The Kier molecular flexibility index (Phi) is 4.02. The first-order chi connectivity index (χ1) is 5.61. The van der Waals surface area contributed by atoms with Crippen LogP contribution in [0.5, 0.6) is 0 Å². The average molecular weight is 243 g/mol. The van der Waals surface area contributed by atoms with Crippen molar-refractivity contribution in [2.45, 2.75) is 9.79 Å². The molecule has 1 aromatic carbocycles. The molecule has 0 aliphatic carbocycles. The van der Waals surface area contributed by atoms with E-state index in [1.807, 2.05) is 0 Å². The third-order valence-electron chi connectivity index (χ3n) is 1.19. The van der Waals surface area contributed by atoms with Crippen molar-refractivity contribution in [1.29, 1.82) is 0 Å². The molecule has 0 radical (unpaired) electrons. The lowest BCUT2D eigenvalue weighted by Gasteiger charge is -2.00. The second kappa shape index (κ2) is 4.60. The molecule has 0 aliphatic heterocycles. The van der Waals surface area contributed by atoms with E-state index in [9.17, 15) is 9.11 Å². The molecule has 1 aromatic rings. The molecule has 0 saturated heterocycles. The van der Waals surface area contributed by atoms with Gasteiger partial charge in [-0.25, -0.2) is 0 Å². The van der Waals surface area contributed by atoms with E-state index >= 15 is 0 Å².